The van der Waals surface area contributed by atoms with Gasteiger partial charge in [0, 0.05) is 6.04 Å². The van der Waals surface area contributed by atoms with Crippen LogP contribution in [0.1, 0.15) is 18.7 Å². The minimum atomic E-state index is -0.948. The lowest BCUT2D eigenvalue weighted by molar-refractivity contribution is 0.149. The minimum Gasteiger partial charge on any atom is -0.385 e. The molecule has 2 unspecified atom stereocenters. The maximum absolute atomic E-state index is 10.7. The van der Waals surface area contributed by atoms with E-state index in [0.29, 0.717) is 0 Å². The maximum Gasteiger partial charge on any atom is 0.324 e. The van der Waals surface area contributed by atoms with Gasteiger partial charge in [0.25, 0.3) is 0 Å². The predicted molar refractivity (Wildman–Crippen MR) is 45.0 cm³/mol. The molecule has 0 bridgehead atoms. The van der Waals surface area contributed by atoms with Crippen LogP contribution in [0.2, 0.25) is 5.15 Å². The molecule has 1 aromatic heterocycles. The van der Waals surface area contributed by atoms with Gasteiger partial charge in [-0.15, -0.1) is 0 Å². The zero-order valence-electron chi connectivity index (χ0n) is 6.47. The van der Waals surface area contributed by atoms with E-state index in [-0.39, 0.29) is 10.8 Å². The molecule has 12 heavy (non-hydrogen) atoms. The van der Waals surface area contributed by atoms with E-state index in [9.17, 15) is 9.90 Å². The van der Waals surface area contributed by atoms with Gasteiger partial charge in [0.05, 0.1) is 5.69 Å². The number of nitrogens with two attached hydrogens (primary N) is 1. The van der Waals surface area contributed by atoms with Crippen LogP contribution in [0.3, 0.4) is 0 Å². The second kappa shape index (κ2) is 3.30. The van der Waals surface area contributed by atoms with Gasteiger partial charge in [-0.1, -0.05) is 11.6 Å². The van der Waals surface area contributed by atoms with Crippen LogP contribution in [0.5, 0.6) is 0 Å². The minimum absolute atomic E-state index is 0.102. The molecule has 6 heteroatoms. The average Bonchev–Trinajstić information content (AvgIpc) is 2.28. The molecule has 0 aliphatic carbocycles. The summed E-state index contributed by atoms with van der Waals surface area (Å²) >= 11 is 5.58. The molecule has 0 aliphatic rings. The molecule has 0 saturated carbocycles. The molecule has 0 spiro atoms. The summed E-state index contributed by atoms with van der Waals surface area (Å²) in [5.74, 6) is 0. The molecule has 0 aliphatic heterocycles. The van der Waals surface area contributed by atoms with Crippen LogP contribution >= 0.6 is 11.6 Å². The van der Waals surface area contributed by atoms with Gasteiger partial charge < -0.3 is 15.8 Å². The van der Waals surface area contributed by atoms with Crippen LogP contribution in [0.15, 0.2) is 4.79 Å². The molecule has 0 aromatic carbocycles. The lowest BCUT2D eigenvalue weighted by atomic mass is 10.1. The Morgan fingerprint density at radius 1 is 1.58 bits per heavy atom. The van der Waals surface area contributed by atoms with Gasteiger partial charge in [-0.2, -0.15) is 0 Å². The van der Waals surface area contributed by atoms with Crippen molar-refractivity contribution >= 4 is 11.6 Å². The van der Waals surface area contributed by atoms with Crippen molar-refractivity contribution < 1.29 is 5.11 Å². The first-order chi connectivity index (χ1) is 5.52. The lowest BCUT2D eigenvalue weighted by Gasteiger charge is -2.12. The molecule has 0 radical (unpaired) electrons. The first-order valence-corrected chi connectivity index (χ1v) is 3.81. The normalized spacial score (nSPS) is 16.0. The second-order valence-corrected chi connectivity index (χ2v) is 2.99. The van der Waals surface area contributed by atoms with E-state index in [1.54, 1.807) is 6.92 Å². The third-order valence-corrected chi connectivity index (χ3v) is 1.80. The number of imidazole rings is 1. The highest BCUT2D eigenvalue weighted by Gasteiger charge is 2.18. The topological polar surface area (TPSA) is 94.9 Å². The van der Waals surface area contributed by atoms with Gasteiger partial charge in [0.15, 0.2) is 0 Å². The number of aromatic nitrogens is 2. The fraction of sp³-hybridized carbons (Fsp3) is 0.500. The summed E-state index contributed by atoms with van der Waals surface area (Å²) in [7, 11) is 0. The molecule has 1 aromatic rings. The summed E-state index contributed by atoms with van der Waals surface area (Å²) in [5, 5.41) is 9.49. The van der Waals surface area contributed by atoms with E-state index in [1.165, 1.54) is 0 Å². The Morgan fingerprint density at radius 2 is 2.17 bits per heavy atom. The molecule has 5 nitrogen and oxygen atoms in total. The number of rotatable bonds is 2. The number of hydrogen-bond donors (Lipinski definition) is 4. The van der Waals surface area contributed by atoms with Crippen LogP contribution in [0, 0.1) is 0 Å². The summed E-state index contributed by atoms with van der Waals surface area (Å²) < 4.78 is 0. The van der Waals surface area contributed by atoms with Crippen molar-refractivity contribution in [1.29, 1.82) is 0 Å². The highest BCUT2D eigenvalue weighted by Crippen LogP contribution is 2.18. The smallest absolute Gasteiger partial charge is 0.324 e. The standard InChI is InChI=1S/C6H10ClN3O2/c1-2(8)4(11)3-5(7)10-6(12)9-3/h2,4,11H,8H2,1H3,(H2,9,10,12). The monoisotopic (exact) mass is 191 g/mol. The van der Waals surface area contributed by atoms with Crippen LogP contribution in [-0.2, 0) is 0 Å². The molecule has 0 fully saturated rings. The van der Waals surface area contributed by atoms with Crippen molar-refractivity contribution in [2.75, 3.05) is 0 Å². The Bertz CT molecular complexity index is 317. The fourth-order valence-corrected chi connectivity index (χ4v) is 1.09. The average molecular weight is 192 g/mol. The van der Waals surface area contributed by atoms with Crippen LogP contribution < -0.4 is 11.4 Å². The largest absolute Gasteiger partial charge is 0.385 e. The van der Waals surface area contributed by atoms with Gasteiger partial charge in [-0.25, -0.2) is 4.79 Å². The highest BCUT2D eigenvalue weighted by molar-refractivity contribution is 6.30. The van der Waals surface area contributed by atoms with Gasteiger partial charge >= 0.3 is 5.69 Å². The molecular weight excluding hydrogens is 182 g/mol. The Hall–Kier alpha value is -0.780. The van der Waals surface area contributed by atoms with Crippen molar-refractivity contribution in [3.8, 4) is 0 Å². The fourth-order valence-electron chi connectivity index (χ4n) is 0.842. The Balaban J connectivity index is 3.02. The SMILES string of the molecule is CC(N)C(O)c1[nH]c(=O)[nH]c1Cl. The number of halogens is 1. The quantitative estimate of drug-likeness (QED) is 0.519. The molecule has 1 rings (SSSR count). The molecular formula is C6H10ClN3O2. The van der Waals surface area contributed by atoms with E-state index in [4.69, 9.17) is 17.3 Å². The van der Waals surface area contributed by atoms with E-state index in [2.05, 4.69) is 9.97 Å². The number of aliphatic hydroxyl groups excluding tert-OH is 1. The van der Waals surface area contributed by atoms with Crippen molar-refractivity contribution in [2.45, 2.75) is 19.1 Å². The molecule has 2 atom stereocenters. The predicted octanol–water partition coefficient (Wildman–Crippen LogP) is -0.263. The number of aromatic amines is 2. The Labute approximate surface area is 73.6 Å². The molecule has 0 saturated heterocycles. The summed E-state index contributed by atoms with van der Waals surface area (Å²) in [6.45, 7) is 1.62. The lowest BCUT2D eigenvalue weighted by Crippen LogP contribution is -2.25. The molecule has 68 valence electrons. The number of nitrogens with one attached hydrogen (secondary N) is 2. The van der Waals surface area contributed by atoms with E-state index >= 15 is 0 Å². The van der Waals surface area contributed by atoms with Crippen molar-refractivity contribution in [1.82, 2.24) is 9.97 Å². The summed E-state index contributed by atoms with van der Waals surface area (Å²) in [5.41, 5.74) is 5.19. The van der Waals surface area contributed by atoms with E-state index in [0.717, 1.165) is 0 Å². The van der Waals surface area contributed by atoms with Crippen LogP contribution in [0.25, 0.3) is 0 Å². The zero-order valence-corrected chi connectivity index (χ0v) is 7.22. The highest BCUT2D eigenvalue weighted by atomic mass is 35.5. The second-order valence-electron chi connectivity index (χ2n) is 2.61. The van der Waals surface area contributed by atoms with Crippen molar-refractivity contribution in [3.63, 3.8) is 0 Å². The van der Waals surface area contributed by atoms with E-state index < -0.39 is 17.8 Å². The van der Waals surface area contributed by atoms with Crippen molar-refractivity contribution in [3.05, 3.63) is 21.3 Å². The Morgan fingerprint density at radius 3 is 2.50 bits per heavy atom. The maximum atomic E-state index is 10.7. The number of hydrogen-bond acceptors (Lipinski definition) is 3. The first kappa shape index (κ1) is 9.31. The molecule has 1 heterocycles. The van der Waals surface area contributed by atoms with Gasteiger partial charge in [0.1, 0.15) is 11.3 Å². The first-order valence-electron chi connectivity index (χ1n) is 3.43. The third kappa shape index (κ3) is 1.69. The summed E-state index contributed by atoms with van der Waals surface area (Å²) in [4.78, 5) is 15.3. The summed E-state index contributed by atoms with van der Waals surface area (Å²) in [6.07, 6.45) is -0.948. The number of aliphatic hydroxyl groups is 1. The van der Waals surface area contributed by atoms with Crippen LogP contribution in [0.4, 0.5) is 0 Å². The number of H-pyrrole nitrogens is 2. The zero-order chi connectivity index (χ0) is 9.30. The molecule has 0 amide bonds. The van der Waals surface area contributed by atoms with Crippen LogP contribution in [-0.4, -0.2) is 21.1 Å². The van der Waals surface area contributed by atoms with E-state index in [1.807, 2.05) is 0 Å². The van der Waals surface area contributed by atoms with Crippen molar-refractivity contribution in [2.24, 2.45) is 5.73 Å². The van der Waals surface area contributed by atoms with Gasteiger partial charge in [-0.3, -0.25) is 4.98 Å². The third-order valence-electron chi connectivity index (χ3n) is 1.50. The van der Waals surface area contributed by atoms with Gasteiger partial charge in [-0.05, 0) is 6.92 Å². The Kier molecular flexibility index (Phi) is 2.56. The molecule has 5 N–H and O–H groups in total. The van der Waals surface area contributed by atoms with Gasteiger partial charge in [0.2, 0.25) is 0 Å². The summed E-state index contributed by atoms with van der Waals surface area (Å²) in [6, 6.07) is -0.478.